The van der Waals surface area contributed by atoms with Crippen LogP contribution in [0.25, 0.3) is 0 Å². The first-order valence-corrected chi connectivity index (χ1v) is 8.44. The Morgan fingerprint density at radius 3 is 2.55 bits per heavy atom. The number of carbonyl (C=O) groups excluding carboxylic acids is 1. The summed E-state index contributed by atoms with van der Waals surface area (Å²) >= 11 is 19.2. The van der Waals surface area contributed by atoms with Gasteiger partial charge in [0.05, 0.1) is 10.6 Å². The normalized spacial score (nSPS) is 10.2. The van der Waals surface area contributed by atoms with Gasteiger partial charge in [-0.05, 0) is 83.7 Å². The van der Waals surface area contributed by atoms with Gasteiger partial charge in [-0.25, -0.2) is 0 Å². The molecule has 2 rings (SSSR count). The first kappa shape index (κ1) is 17.5. The van der Waals surface area contributed by atoms with Crippen molar-refractivity contribution in [2.24, 2.45) is 0 Å². The van der Waals surface area contributed by atoms with Gasteiger partial charge < -0.3 is 5.32 Å². The number of hydrogen-bond donors (Lipinski definition) is 2. The quantitative estimate of drug-likeness (QED) is 0.483. The molecular formula is C15H11Cl2IN2OS. The maximum absolute atomic E-state index is 12.1. The Hall–Kier alpha value is -0.890. The third-order valence-corrected chi connectivity index (χ3v) is 4.26. The van der Waals surface area contributed by atoms with Crippen LogP contribution in [-0.2, 0) is 0 Å². The number of halogens is 3. The van der Waals surface area contributed by atoms with E-state index in [2.05, 4.69) is 33.2 Å². The van der Waals surface area contributed by atoms with Crippen LogP contribution >= 0.6 is 58.0 Å². The number of amides is 1. The van der Waals surface area contributed by atoms with Crippen molar-refractivity contribution in [3.05, 3.63) is 61.1 Å². The van der Waals surface area contributed by atoms with Crippen molar-refractivity contribution in [2.75, 3.05) is 5.32 Å². The fourth-order valence-electron chi connectivity index (χ4n) is 1.76. The molecule has 0 radical (unpaired) electrons. The van der Waals surface area contributed by atoms with E-state index >= 15 is 0 Å². The smallest absolute Gasteiger partial charge is 0.258 e. The van der Waals surface area contributed by atoms with Crippen molar-refractivity contribution in [1.29, 1.82) is 0 Å². The zero-order valence-electron chi connectivity index (χ0n) is 11.4. The molecule has 0 aliphatic carbocycles. The Kier molecular flexibility index (Phi) is 6.02. The number of carbonyl (C=O) groups is 1. The molecule has 7 heteroatoms. The van der Waals surface area contributed by atoms with E-state index in [1.54, 1.807) is 12.1 Å². The van der Waals surface area contributed by atoms with Crippen LogP contribution in [0.4, 0.5) is 5.69 Å². The fraction of sp³-hybridized carbons (Fsp3) is 0.0667. The van der Waals surface area contributed by atoms with E-state index in [-0.39, 0.29) is 16.0 Å². The van der Waals surface area contributed by atoms with E-state index in [4.69, 9.17) is 35.4 Å². The van der Waals surface area contributed by atoms with Crippen molar-refractivity contribution in [3.63, 3.8) is 0 Å². The number of hydrogen-bond acceptors (Lipinski definition) is 2. The van der Waals surface area contributed by atoms with Crippen LogP contribution in [0, 0.1) is 10.5 Å². The Morgan fingerprint density at radius 2 is 1.91 bits per heavy atom. The molecule has 0 aliphatic heterocycles. The van der Waals surface area contributed by atoms with Gasteiger partial charge in [-0.15, -0.1) is 0 Å². The van der Waals surface area contributed by atoms with Gasteiger partial charge in [0.1, 0.15) is 0 Å². The maximum atomic E-state index is 12.1. The van der Waals surface area contributed by atoms with E-state index in [1.807, 2.05) is 25.1 Å². The molecule has 0 saturated carbocycles. The van der Waals surface area contributed by atoms with Gasteiger partial charge in [-0.3, -0.25) is 10.1 Å². The highest BCUT2D eigenvalue weighted by molar-refractivity contribution is 14.1. The molecule has 0 unspecified atom stereocenters. The molecule has 0 heterocycles. The summed E-state index contributed by atoms with van der Waals surface area (Å²) in [5.41, 5.74) is 2.19. The summed E-state index contributed by atoms with van der Waals surface area (Å²) in [6.45, 7) is 1.96. The molecule has 0 atom stereocenters. The van der Waals surface area contributed by atoms with Crippen LogP contribution in [0.3, 0.4) is 0 Å². The molecule has 0 aromatic heterocycles. The molecular weight excluding hydrogens is 454 g/mol. The van der Waals surface area contributed by atoms with Crippen molar-refractivity contribution in [3.8, 4) is 0 Å². The largest absolute Gasteiger partial charge is 0.332 e. The Bertz CT molecular complexity index is 752. The molecule has 22 heavy (non-hydrogen) atoms. The fourth-order valence-corrected chi connectivity index (χ4v) is 3.11. The number of thiocarbonyl (C=S) groups is 1. The summed E-state index contributed by atoms with van der Waals surface area (Å²) in [6.07, 6.45) is 0. The zero-order valence-corrected chi connectivity index (χ0v) is 15.9. The lowest BCUT2D eigenvalue weighted by Crippen LogP contribution is -2.34. The average molecular weight is 465 g/mol. The minimum Gasteiger partial charge on any atom is -0.332 e. The highest BCUT2D eigenvalue weighted by Gasteiger charge is 2.12. The molecule has 2 aromatic rings. The predicted molar refractivity (Wildman–Crippen MR) is 104 cm³/mol. The van der Waals surface area contributed by atoms with Gasteiger partial charge in [0, 0.05) is 14.3 Å². The van der Waals surface area contributed by atoms with Gasteiger partial charge in [0.25, 0.3) is 5.91 Å². The zero-order chi connectivity index (χ0) is 16.3. The Labute approximate surface area is 157 Å². The second-order valence-corrected chi connectivity index (χ2v) is 6.99. The summed E-state index contributed by atoms with van der Waals surface area (Å²) in [5, 5.41) is 6.55. The Balaban J connectivity index is 2.06. The van der Waals surface area contributed by atoms with Gasteiger partial charge >= 0.3 is 0 Å². The van der Waals surface area contributed by atoms with E-state index in [0.29, 0.717) is 10.6 Å². The second kappa shape index (κ2) is 7.59. The van der Waals surface area contributed by atoms with E-state index in [0.717, 1.165) is 14.8 Å². The molecule has 0 fully saturated rings. The van der Waals surface area contributed by atoms with Crippen LogP contribution < -0.4 is 10.6 Å². The summed E-state index contributed by atoms with van der Waals surface area (Å²) < 4.78 is 1.13. The highest BCUT2D eigenvalue weighted by atomic mass is 127. The summed E-state index contributed by atoms with van der Waals surface area (Å²) in [5.74, 6) is -0.387. The number of nitrogens with one attached hydrogen (secondary N) is 2. The van der Waals surface area contributed by atoms with Crippen molar-refractivity contribution in [2.45, 2.75) is 6.92 Å². The molecule has 0 aliphatic rings. The summed E-state index contributed by atoms with van der Waals surface area (Å²) in [4.78, 5) is 12.1. The van der Waals surface area contributed by atoms with Crippen LogP contribution in [-0.4, -0.2) is 11.0 Å². The first-order valence-electron chi connectivity index (χ1n) is 6.20. The van der Waals surface area contributed by atoms with Crippen LogP contribution in [0.1, 0.15) is 15.9 Å². The lowest BCUT2D eigenvalue weighted by atomic mass is 10.2. The van der Waals surface area contributed by atoms with Gasteiger partial charge in [-0.2, -0.15) is 0 Å². The third-order valence-electron chi connectivity index (χ3n) is 2.84. The third kappa shape index (κ3) is 4.55. The molecule has 0 bridgehead atoms. The summed E-state index contributed by atoms with van der Waals surface area (Å²) in [7, 11) is 0. The van der Waals surface area contributed by atoms with Crippen LogP contribution in [0.15, 0.2) is 36.4 Å². The Morgan fingerprint density at radius 1 is 1.18 bits per heavy atom. The highest BCUT2D eigenvalue weighted by Crippen LogP contribution is 2.21. The number of rotatable bonds is 2. The molecule has 1 amide bonds. The molecule has 3 nitrogen and oxygen atoms in total. The van der Waals surface area contributed by atoms with E-state index in [9.17, 15) is 4.79 Å². The number of benzene rings is 2. The second-order valence-electron chi connectivity index (χ2n) is 4.49. The minimum atomic E-state index is -0.387. The first-order chi connectivity index (χ1) is 10.4. The summed E-state index contributed by atoms with van der Waals surface area (Å²) in [6, 6.07) is 10.5. The van der Waals surface area contributed by atoms with Crippen LogP contribution in [0.5, 0.6) is 0 Å². The predicted octanol–water partition coefficient (Wildman–Crippen LogP) is 5.03. The van der Waals surface area contributed by atoms with Crippen molar-refractivity contribution >= 4 is 74.7 Å². The van der Waals surface area contributed by atoms with Gasteiger partial charge in [0.2, 0.25) is 0 Å². The molecule has 0 spiro atoms. The average Bonchev–Trinajstić information content (AvgIpc) is 2.41. The van der Waals surface area contributed by atoms with Gasteiger partial charge in [0.15, 0.2) is 5.11 Å². The van der Waals surface area contributed by atoms with E-state index in [1.165, 1.54) is 6.07 Å². The number of aryl methyl sites for hydroxylation is 1. The van der Waals surface area contributed by atoms with Crippen LogP contribution in [0.2, 0.25) is 10.0 Å². The molecule has 114 valence electrons. The molecule has 0 saturated heterocycles. The SMILES string of the molecule is Cc1cc(I)ccc1NC(=S)NC(=O)c1ccc(Cl)cc1Cl. The molecule has 2 aromatic carbocycles. The maximum Gasteiger partial charge on any atom is 0.258 e. The van der Waals surface area contributed by atoms with E-state index < -0.39 is 0 Å². The standard InChI is InChI=1S/C15H11Cl2IN2OS/c1-8-6-10(18)3-5-13(8)19-15(22)20-14(21)11-4-2-9(16)7-12(11)17/h2-7H,1H3,(H2,19,20,21,22). The monoisotopic (exact) mass is 464 g/mol. The number of anilines is 1. The minimum absolute atomic E-state index is 0.209. The van der Waals surface area contributed by atoms with Gasteiger partial charge in [-0.1, -0.05) is 23.2 Å². The van der Waals surface area contributed by atoms with Crippen molar-refractivity contribution in [1.82, 2.24) is 5.32 Å². The lowest BCUT2D eigenvalue weighted by Gasteiger charge is -2.12. The molecule has 2 N–H and O–H groups in total. The van der Waals surface area contributed by atoms with Crippen molar-refractivity contribution < 1.29 is 4.79 Å². The lowest BCUT2D eigenvalue weighted by molar-refractivity contribution is 0.0978. The topological polar surface area (TPSA) is 41.1 Å².